The maximum absolute atomic E-state index is 11.1. The summed E-state index contributed by atoms with van der Waals surface area (Å²) in [5.41, 5.74) is 5.09. The summed E-state index contributed by atoms with van der Waals surface area (Å²) in [7, 11) is 0. The van der Waals surface area contributed by atoms with Crippen molar-refractivity contribution in [1.82, 2.24) is 10.7 Å². The number of hydrogen-bond donors (Lipinski definition) is 2. The minimum Gasteiger partial charge on any atom is -0.335 e. The van der Waals surface area contributed by atoms with E-state index < -0.39 is 0 Å². The van der Waals surface area contributed by atoms with Gasteiger partial charge in [-0.2, -0.15) is 0 Å². The Hall–Kier alpha value is -1.71. The number of carbonyl (C=O) groups excluding carboxylic acids is 1. The van der Waals surface area contributed by atoms with Crippen molar-refractivity contribution in [3.05, 3.63) is 29.8 Å². The van der Waals surface area contributed by atoms with Gasteiger partial charge in [0.2, 0.25) is 0 Å². The first-order valence-electron chi connectivity index (χ1n) is 5.20. The van der Waals surface area contributed by atoms with Crippen molar-refractivity contribution in [2.24, 2.45) is 0 Å². The Bertz CT molecular complexity index is 365. The first-order valence-corrected chi connectivity index (χ1v) is 5.20. The van der Waals surface area contributed by atoms with Crippen LogP contribution >= 0.6 is 0 Å². The molecule has 0 spiro atoms. The molecule has 0 bridgehead atoms. The quantitative estimate of drug-likeness (QED) is 0.764. The van der Waals surface area contributed by atoms with Crippen LogP contribution in [-0.4, -0.2) is 19.1 Å². The maximum Gasteiger partial charge on any atom is 0.333 e. The molecule has 1 aliphatic rings. The highest BCUT2D eigenvalue weighted by molar-refractivity contribution is 5.77. The van der Waals surface area contributed by atoms with Gasteiger partial charge in [0.1, 0.15) is 0 Å². The van der Waals surface area contributed by atoms with Crippen molar-refractivity contribution >= 4 is 11.7 Å². The van der Waals surface area contributed by atoms with Gasteiger partial charge in [0.15, 0.2) is 0 Å². The lowest BCUT2D eigenvalue weighted by molar-refractivity contribution is 0.236. The summed E-state index contributed by atoms with van der Waals surface area (Å²) in [5, 5.41) is 4.59. The number of aryl methyl sites for hydroxylation is 1. The lowest BCUT2D eigenvalue weighted by atomic mass is 10.1. The smallest absolute Gasteiger partial charge is 0.333 e. The van der Waals surface area contributed by atoms with Gasteiger partial charge in [-0.3, -0.25) is 5.01 Å². The highest BCUT2D eigenvalue weighted by Gasteiger charge is 2.14. The number of rotatable bonds is 2. The molecular formula is C11H15N3O. The van der Waals surface area contributed by atoms with E-state index >= 15 is 0 Å². The molecule has 15 heavy (non-hydrogen) atoms. The summed E-state index contributed by atoms with van der Waals surface area (Å²) in [6.45, 7) is 3.59. The Morgan fingerprint density at radius 2 is 2.33 bits per heavy atom. The third-order valence-electron chi connectivity index (χ3n) is 2.49. The molecule has 2 rings (SSSR count). The fraction of sp³-hybridized carbons (Fsp3) is 0.364. The first-order chi connectivity index (χ1) is 7.29. The van der Waals surface area contributed by atoms with Gasteiger partial charge < -0.3 is 5.32 Å². The molecule has 0 unspecified atom stereocenters. The third kappa shape index (κ3) is 2.21. The summed E-state index contributed by atoms with van der Waals surface area (Å²) < 4.78 is 0. The lowest BCUT2D eigenvalue weighted by Crippen LogP contribution is -2.56. The topological polar surface area (TPSA) is 44.4 Å². The van der Waals surface area contributed by atoms with Crippen LogP contribution in [0, 0.1) is 0 Å². The molecule has 1 saturated heterocycles. The number of nitrogens with zero attached hydrogens (tertiary/aromatic N) is 1. The van der Waals surface area contributed by atoms with Gasteiger partial charge >= 0.3 is 6.03 Å². The zero-order chi connectivity index (χ0) is 10.7. The van der Waals surface area contributed by atoms with Gasteiger partial charge in [-0.05, 0) is 24.1 Å². The zero-order valence-electron chi connectivity index (χ0n) is 8.79. The van der Waals surface area contributed by atoms with Crippen LogP contribution in [0.25, 0.3) is 0 Å². The summed E-state index contributed by atoms with van der Waals surface area (Å²) in [4.78, 5) is 11.1. The van der Waals surface area contributed by atoms with Crippen molar-refractivity contribution in [3.8, 4) is 0 Å². The van der Waals surface area contributed by atoms with Crippen LogP contribution < -0.4 is 15.8 Å². The van der Waals surface area contributed by atoms with Gasteiger partial charge in [0, 0.05) is 6.54 Å². The number of anilines is 1. The number of hydrogen-bond acceptors (Lipinski definition) is 2. The molecule has 2 amide bonds. The average Bonchev–Trinajstić information content (AvgIpc) is 2.29. The van der Waals surface area contributed by atoms with E-state index in [9.17, 15) is 4.79 Å². The van der Waals surface area contributed by atoms with Crippen LogP contribution in [0.3, 0.4) is 0 Å². The third-order valence-corrected chi connectivity index (χ3v) is 2.49. The summed E-state index contributed by atoms with van der Waals surface area (Å²) in [6, 6.07) is 8.08. The zero-order valence-corrected chi connectivity index (χ0v) is 8.79. The second kappa shape index (κ2) is 4.21. The van der Waals surface area contributed by atoms with Crippen LogP contribution in [0.4, 0.5) is 10.5 Å². The standard InChI is InChI=1S/C11H15N3O/c1-2-9-4-3-5-10(8-9)14-7-6-12-11(15)13-14/h3-5,8H,2,6-7H2,1H3,(H2,12,13,15). The molecule has 4 nitrogen and oxygen atoms in total. The minimum absolute atomic E-state index is 0.136. The van der Waals surface area contributed by atoms with Gasteiger partial charge in [0.05, 0.1) is 12.2 Å². The Labute approximate surface area is 89.2 Å². The predicted octanol–water partition coefficient (Wildman–Crippen LogP) is 1.28. The molecule has 0 atom stereocenters. The summed E-state index contributed by atoms with van der Waals surface area (Å²) in [5.74, 6) is 0. The lowest BCUT2D eigenvalue weighted by Gasteiger charge is -2.29. The van der Waals surface area contributed by atoms with Crippen LogP contribution in [0.2, 0.25) is 0 Å². The van der Waals surface area contributed by atoms with E-state index in [1.54, 1.807) is 0 Å². The van der Waals surface area contributed by atoms with E-state index in [4.69, 9.17) is 0 Å². The molecule has 0 saturated carbocycles. The number of carbonyl (C=O) groups is 1. The molecule has 1 aliphatic heterocycles. The normalized spacial score (nSPS) is 15.8. The predicted molar refractivity (Wildman–Crippen MR) is 59.7 cm³/mol. The molecule has 1 fully saturated rings. The fourth-order valence-corrected chi connectivity index (χ4v) is 1.64. The summed E-state index contributed by atoms with van der Waals surface area (Å²) in [6.07, 6.45) is 1.01. The minimum atomic E-state index is -0.136. The number of amides is 2. The number of urea groups is 1. The largest absolute Gasteiger partial charge is 0.335 e. The van der Waals surface area contributed by atoms with Crippen LogP contribution in [0.5, 0.6) is 0 Å². The van der Waals surface area contributed by atoms with E-state index in [0.29, 0.717) is 6.54 Å². The first kappa shape index (κ1) is 9.83. The fourth-order valence-electron chi connectivity index (χ4n) is 1.64. The molecule has 0 aromatic heterocycles. The second-order valence-electron chi connectivity index (χ2n) is 3.54. The molecule has 1 aromatic carbocycles. The van der Waals surface area contributed by atoms with E-state index in [0.717, 1.165) is 18.7 Å². The van der Waals surface area contributed by atoms with Crippen LogP contribution in [0.15, 0.2) is 24.3 Å². The Morgan fingerprint density at radius 3 is 3.07 bits per heavy atom. The number of nitrogens with one attached hydrogen (secondary N) is 2. The maximum atomic E-state index is 11.1. The van der Waals surface area contributed by atoms with Crippen molar-refractivity contribution in [2.75, 3.05) is 18.1 Å². The van der Waals surface area contributed by atoms with Crippen molar-refractivity contribution in [2.45, 2.75) is 13.3 Å². The second-order valence-corrected chi connectivity index (χ2v) is 3.54. The molecular weight excluding hydrogens is 190 g/mol. The Kier molecular flexibility index (Phi) is 2.76. The van der Waals surface area contributed by atoms with Gasteiger partial charge in [-0.1, -0.05) is 19.1 Å². The van der Waals surface area contributed by atoms with Crippen LogP contribution in [0.1, 0.15) is 12.5 Å². The molecule has 0 radical (unpaired) electrons. The van der Waals surface area contributed by atoms with Crippen LogP contribution in [-0.2, 0) is 6.42 Å². The Balaban J connectivity index is 2.17. The van der Waals surface area contributed by atoms with Crippen molar-refractivity contribution in [3.63, 3.8) is 0 Å². The highest BCUT2D eigenvalue weighted by Crippen LogP contribution is 2.15. The van der Waals surface area contributed by atoms with Crippen molar-refractivity contribution in [1.29, 1.82) is 0 Å². The number of hydrazine groups is 1. The average molecular weight is 205 g/mol. The van der Waals surface area contributed by atoms with Gasteiger partial charge in [0.25, 0.3) is 0 Å². The molecule has 1 aromatic rings. The molecule has 1 heterocycles. The highest BCUT2D eigenvalue weighted by atomic mass is 16.2. The monoisotopic (exact) mass is 205 g/mol. The van der Waals surface area contributed by atoms with Gasteiger partial charge in [-0.25, -0.2) is 10.2 Å². The van der Waals surface area contributed by atoms with E-state index in [-0.39, 0.29) is 6.03 Å². The van der Waals surface area contributed by atoms with E-state index in [1.807, 2.05) is 17.1 Å². The van der Waals surface area contributed by atoms with E-state index in [2.05, 4.69) is 29.8 Å². The molecule has 2 N–H and O–H groups in total. The SMILES string of the molecule is CCc1cccc(N2CCNC(=O)N2)c1. The van der Waals surface area contributed by atoms with Gasteiger partial charge in [-0.15, -0.1) is 0 Å². The van der Waals surface area contributed by atoms with Crippen molar-refractivity contribution < 1.29 is 4.79 Å². The van der Waals surface area contributed by atoms with E-state index in [1.165, 1.54) is 5.56 Å². The molecule has 0 aliphatic carbocycles. The molecule has 4 heteroatoms. The molecule has 80 valence electrons. The Morgan fingerprint density at radius 1 is 1.47 bits per heavy atom. The summed E-state index contributed by atoms with van der Waals surface area (Å²) >= 11 is 0. The number of benzene rings is 1.